The Kier molecular flexibility index (Phi) is 7.72. The van der Waals surface area contributed by atoms with Crippen molar-refractivity contribution in [2.24, 2.45) is 4.99 Å². The number of carbonyl (C=O) groups excluding carboxylic acids is 2. The van der Waals surface area contributed by atoms with Crippen LogP contribution in [0.25, 0.3) is 0 Å². The van der Waals surface area contributed by atoms with Gasteiger partial charge in [0.05, 0.1) is 12.6 Å². The molecule has 0 bridgehead atoms. The lowest BCUT2D eigenvalue weighted by molar-refractivity contribution is 0.0302. The van der Waals surface area contributed by atoms with Gasteiger partial charge in [-0.3, -0.25) is 0 Å². The number of hydrogen-bond donors (Lipinski definition) is 1. The van der Waals surface area contributed by atoms with Gasteiger partial charge in [0.25, 0.3) is 0 Å². The summed E-state index contributed by atoms with van der Waals surface area (Å²) in [6, 6.07) is 5.88. The molecule has 0 saturated heterocycles. The summed E-state index contributed by atoms with van der Waals surface area (Å²) in [5.41, 5.74) is -1.55. The number of nitrogens with zero attached hydrogens (tertiary/aromatic N) is 3. The Morgan fingerprint density at radius 1 is 1.05 bits per heavy atom. The molecule has 2 aromatic carbocycles. The van der Waals surface area contributed by atoms with Crippen LogP contribution in [0.1, 0.15) is 37.6 Å². The lowest BCUT2D eigenvalue weighted by Crippen LogP contribution is -2.52. The molecule has 2 amide bonds. The largest absolute Gasteiger partial charge is 0.529 e. The molecule has 12 heteroatoms. The zero-order chi connectivity index (χ0) is 27.5. The number of amidine groups is 1. The highest BCUT2D eigenvalue weighted by molar-refractivity contribution is 6.11. The van der Waals surface area contributed by atoms with Gasteiger partial charge >= 0.3 is 18.2 Å². The molecule has 0 aromatic heterocycles. The monoisotopic (exact) mass is 520 g/mol. The Labute approximate surface area is 210 Å². The first-order chi connectivity index (χ1) is 17.2. The molecule has 0 radical (unpaired) electrons. The molecular weight excluding hydrogens is 495 g/mol. The van der Waals surface area contributed by atoms with Gasteiger partial charge in [0, 0.05) is 37.9 Å². The van der Waals surface area contributed by atoms with E-state index in [0.717, 1.165) is 0 Å². The fourth-order valence-corrected chi connectivity index (χ4v) is 3.50. The second-order valence-electron chi connectivity index (χ2n) is 9.13. The Morgan fingerprint density at radius 3 is 2.19 bits per heavy atom. The second kappa shape index (κ2) is 10.4. The minimum Gasteiger partial charge on any atom is -0.444 e. The van der Waals surface area contributed by atoms with Crippen LogP contribution in [0.5, 0.6) is 5.75 Å². The summed E-state index contributed by atoms with van der Waals surface area (Å²) in [5.74, 6) is -5.36. The highest BCUT2D eigenvalue weighted by Gasteiger charge is 2.46. The predicted octanol–water partition coefficient (Wildman–Crippen LogP) is 5.45. The lowest BCUT2D eigenvalue weighted by atomic mass is 10.2. The number of benzene rings is 2. The average Bonchev–Trinajstić information content (AvgIpc) is 3.21. The number of hydrogen-bond acceptors (Lipinski definition) is 6. The van der Waals surface area contributed by atoms with E-state index in [9.17, 15) is 32.7 Å². The summed E-state index contributed by atoms with van der Waals surface area (Å²) < 4.78 is 50.3. The summed E-state index contributed by atoms with van der Waals surface area (Å²) in [6.07, 6.45) is 0.884. The number of ether oxygens (including phenoxy) is 2. The molecule has 9 nitrogen and oxygen atoms in total. The quantitative estimate of drug-likeness (QED) is 0.309. The smallest absolute Gasteiger partial charge is 0.444 e. The molecule has 2 aromatic rings. The minimum absolute atomic E-state index is 0.0922. The number of esters is 1. The van der Waals surface area contributed by atoms with E-state index in [1.54, 1.807) is 20.8 Å². The Morgan fingerprint density at radius 2 is 1.65 bits per heavy atom. The molecule has 1 atom stereocenters. The fourth-order valence-electron chi connectivity index (χ4n) is 3.50. The molecule has 1 heterocycles. The van der Waals surface area contributed by atoms with Crippen LogP contribution < -0.4 is 9.22 Å². The number of rotatable bonds is 6. The third-order valence-electron chi connectivity index (χ3n) is 5.26. The molecule has 1 aliphatic rings. The van der Waals surface area contributed by atoms with Gasteiger partial charge in [-0.25, -0.2) is 27.8 Å². The van der Waals surface area contributed by atoms with E-state index in [4.69, 9.17) is 9.47 Å². The molecule has 0 saturated carbocycles. The Hall–Kier alpha value is -4.19. The van der Waals surface area contributed by atoms with Crippen molar-refractivity contribution < 1.29 is 42.1 Å². The van der Waals surface area contributed by atoms with Crippen molar-refractivity contribution in [1.29, 1.82) is 0 Å². The summed E-state index contributed by atoms with van der Waals surface area (Å²) in [5, 5.41) is 10.1. The molecule has 196 valence electrons. The van der Waals surface area contributed by atoms with Crippen LogP contribution in [0.15, 0.2) is 53.8 Å². The summed E-state index contributed by atoms with van der Waals surface area (Å²) in [4.78, 5) is 42.3. The fraction of sp³-hybridized carbons (Fsp3) is 0.280. The average molecular weight is 520 g/mol. The number of carbonyl (C=O) groups is 3. The molecule has 1 N–H and O–H groups in total. The van der Waals surface area contributed by atoms with Crippen molar-refractivity contribution in [3.63, 3.8) is 0 Å². The van der Waals surface area contributed by atoms with Crippen molar-refractivity contribution in [2.45, 2.75) is 32.8 Å². The standard InChI is InChI=1S/C25H24F3N3O6/c1-25(2,3)37-23(33)30(4)11-9-20-29-10-12-31(20,24(34)35)16-5-7-17(8-6-16)36-22(32)21-18(27)13-15(26)14-19(21)28/h5-8,10,12-14H,9,11H2,1-4H3/p+1. The first-order valence-corrected chi connectivity index (χ1v) is 11.0. The predicted molar refractivity (Wildman–Crippen MR) is 128 cm³/mol. The van der Waals surface area contributed by atoms with Crippen LogP contribution in [-0.4, -0.2) is 53.2 Å². The van der Waals surface area contributed by atoms with Crippen LogP contribution in [-0.2, 0) is 4.74 Å². The van der Waals surface area contributed by atoms with Gasteiger partial charge in [-0.05, 0) is 32.9 Å². The number of halogens is 3. The van der Waals surface area contributed by atoms with Crippen LogP contribution in [0.3, 0.4) is 0 Å². The van der Waals surface area contributed by atoms with Gasteiger partial charge in [0.2, 0.25) is 5.84 Å². The lowest BCUT2D eigenvalue weighted by Gasteiger charge is -2.28. The number of aliphatic imine (C=N–C) groups is 1. The molecule has 37 heavy (non-hydrogen) atoms. The van der Waals surface area contributed by atoms with Crippen molar-refractivity contribution in [1.82, 2.24) is 9.38 Å². The molecular formula is C25H25F3N3O6+. The summed E-state index contributed by atoms with van der Waals surface area (Å²) >= 11 is 0. The maximum Gasteiger partial charge on any atom is 0.529 e. The van der Waals surface area contributed by atoms with Crippen molar-refractivity contribution in [3.05, 3.63) is 71.8 Å². The normalized spacial score (nSPS) is 16.8. The van der Waals surface area contributed by atoms with E-state index in [1.165, 1.54) is 48.6 Å². The van der Waals surface area contributed by atoms with Crippen LogP contribution in [0.4, 0.5) is 28.4 Å². The van der Waals surface area contributed by atoms with E-state index >= 15 is 0 Å². The highest BCUT2D eigenvalue weighted by atomic mass is 19.1. The first-order valence-electron chi connectivity index (χ1n) is 11.0. The Bertz CT molecular complexity index is 1260. The summed E-state index contributed by atoms with van der Waals surface area (Å²) in [7, 11) is 1.52. The van der Waals surface area contributed by atoms with Gasteiger partial charge in [0.1, 0.15) is 40.6 Å². The van der Waals surface area contributed by atoms with Crippen LogP contribution in [0, 0.1) is 17.5 Å². The zero-order valence-electron chi connectivity index (χ0n) is 20.5. The second-order valence-corrected chi connectivity index (χ2v) is 9.13. The highest BCUT2D eigenvalue weighted by Crippen LogP contribution is 2.32. The van der Waals surface area contributed by atoms with Crippen LogP contribution in [0.2, 0.25) is 0 Å². The van der Waals surface area contributed by atoms with E-state index in [0.29, 0.717) is 12.1 Å². The number of carboxylic acid groups (broad SMARTS) is 1. The van der Waals surface area contributed by atoms with E-state index in [-0.39, 0.29) is 30.2 Å². The maximum atomic E-state index is 13.9. The molecule has 0 aliphatic carbocycles. The molecule has 1 unspecified atom stereocenters. The topological polar surface area (TPSA) is 106 Å². The maximum absolute atomic E-state index is 13.9. The molecule has 3 rings (SSSR count). The molecule has 0 spiro atoms. The molecule has 0 fully saturated rings. The molecule has 1 aliphatic heterocycles. The summed E-state index contributed by atoms with van der Waals surface area (Å²) in [6.45, 7) is 5.30. The SMILES string of the molecule is CN(CCC1=NC=C[N+]1(C(=O)O)c1ccc(OC(=O)c2c(F)cc(F)cc2F)cc1)C(=O)OC(C)(C)C. The minimum atomic E-state index is -1.42. The van der Waals surface area contributed by atoms with Gasteiger partial charge in [0.15, 0.2) is 5.69 Å². The van der Waals surface area contributed by atoms with Crippen molar-refractivity contribution in [3.8, 4) is 5.75 Å². The van der Waals surface area contributed by atoms with Crippen molar-refractivity contribution in [2.75, 3.05) is 13.6 Å². The van der Waals surface area contributed by atoms with Crippen LogP contribution >= 0.6 is 0 Å². The van der Waals surface area contributed by atoms with Gasteiger partial charge < -0.3 is 19.5 Å². The van der Waals surface area contributed by atoms with Gasteiger partial charge in [-0.2, -0.15) is 4.79 Å². The van der Waals surface area contributed by atoms with E-state index in [2.05, 4.69) is 4.99 Å². The van der Waals surface area contributed by atoms with E-state index in [1.807, 2.05) is 0 Å². The zero-order valence-corrected chi connectivity index (χ0v) is 20.5. The number of quaternary nitrogens is 1. The van der Waals surface area contributed by atoms with Gasteiger partial charge in [-0.15, -0.1) is 4.48 Å². The van der Waals surface area contributed by atoms with Crippen molar-refractivity contribution >= 4 is 29.7 Å². The van der Waals surface area contributed by atoms with Gasteiger partial charge in [-0.1, -0.05) is 0 Å². The third-order valence-corrected chi connectivity index (χ3v) is 5.26. The number of amides is 2. The first kappa shape index (κ1) is 27.4. The third kappa shape index (κ3) is 5.97. The van der Waals surface area contributed by atoms with E-state index < -0.39 is 51.3 Å². The Balaban J connectivity index is 1.78.